The van der Waals surface area contributed by atoms with Gasteiger partial charge in [-0.3, -0.25) is 4.79 Å². The zero-order valence-corrected chi connectivity index (χ0v) is 16.0. The smallest absolute Gasteiger partial charge is 0.315 e. The lowest BCUT2D eigenvalue weighted by atomic mass is 9.85. The van der Waals surface area contributed by atoms with Gasteiger partial charge in [-0.15, -0.1) is 0 Å². The van der Waals surface area contributed by atoms with Gasteiger partial charge in [0.15, 0.2) is 0 Å². The van der Waals surface area contributed by atoms with Crippen LogP contribution in [-0.4, -0.2) is 42.0 Å². The van der Waals surface area contributed by atoms with Gasteiger partial charge in [-0.2, -0.15) is 0 Å². The van der Waals surface area contributed by atoms with Gasteiger partial charge in [-0.25, -0.2) is 4.79 Å². The fourth-order valence-corrected chi connectivity index (χ4v) is 3.05. The Morgan fingerprint density at radius 2 is 1.61 bits per heavy atom. The Bertz CT molecular complexity index is 415. The number of carbonyl (C=O) groups excluding carboxylic acids is 2. The summed E-state index contributed by atoms with van der Waals surface area (Å²) in [6.07, 6.45) is 4.94. The van der Waals surface area contributed by atoms with E-state index in [1.54, 1.807) is 4.90 Å². The molecule has 1 atom stereocenters. The molecule has 134 valence electrons. The lowest BCUT2D eigenvalue weighted by Gasteiger charge is -2.35. The van der Waals surface area contributed by atoms with Gasteiger partial charge in [0.05, 0.1) is 0 Å². The molecule has 5 nitrogen and oxygen atoms in total. The van der Waals surface area contributed by atoms with E-state index >= 15 is 0 Å². The third-order valence-electron chi connectivity index (χ3n) is 4.26. The summed E-state index contributed by atoms with van der Waals surface area (Å²) < 4.78 is 0. The van der Waals surface area contributed by atoms with E-state index in [2.05, 4.69) is 10.6 Å². The molecule has 5 heteroatoms. The molecule has 1 rings (SSSR count). The van der Waals surface area contributed by atoms with Gasteiger partial charge in [0.2, 0.25) is 5.91 Å². The van der Waals surface area contributed by atoms with Crippen molar-refractivity contribution in [3.8, 4) is 0 Å². The zero-order chi connectivity index (χ0) is 17.8. The van der Waals surface area contributed by atoms with Gasteiger partial charge >= 0.3 is 6.03 Å². The molecule has 1 aliphatic rings. The molecule has 2 N–H and O–H groups in total. The van der Waals surface area contributed by atoms with Crippen LogP contribution in [0.25, 0.3) is 0 Å². The van der Waals surface area contributed by atoms with Crippen molar-refractivity contribution < 1.29 is 9.59 Å². The molecule has 1 saturated carbocycles. The second-order valence-corrected chi connectivity index (χ2v) is 9.02. The second-order valence-electron chi connectivity index (χ2n) is 9.02. The van der Waals surface area contributed by atoms with Crippen LogP contribution in [0, 0.1) is 11.3 Å². The van der Waals surface area contributed by atoms with E-state index in [1.807, 2.05) is 48.6 Å². The normalized spacial score (nSPS) is 17.7. The second kappa shape index (κ2) is 7.54. The minimum absolute atomic E-state index is 0.00606. The van der Waals surface area contributed by atoms with Crippen molar-refractivity contribution in [3.63, 3.8) is 0 Å². The molecule has 1 aliphatic carbocycles. The number of nitrogens with zero attached hydrogens (tertiary/aromatic N) is 1. The number of rotatable bonds is 4. The average molecular weight is 325 g/mol. The first kappa shape index (κ1) is 19.8. The van der Waals surface area contributed by atoms with Gasteiger partial charge in [-0.1, -0.05) is 33.6 Å². The Morgan fingerprint density at radius 3 is 2.04 bits per heavy atom. The number of urea groups is 1. The lowest BCUT2D eigenvalue weighted by Crippen LogP contribution is -2.58. The maximum atomic E-state index is 12.9. The van der Waals surface area contributed by atoms with Crippen molar-refractivity contribution >= 4 is 11.9 Å². The molecule has 0 aromatic carbocycles. The predicted octanol–water partition coefficient (Wildman–Crippen LogP) is 3.15. The standard InChI is InChI=1S/C18H35N3O2/c1-17(2,3)14(19-16(23)20-18(4,5)6)15(22)21(7)12-13-10-8-9-11-13/h13-14H,8-12H2,1-7H3,(H2,19,20,23)/t14-/m1/s1. The highest BCUT2D eigenvalue weighted by molar-refractivity contribution is 5.87. The maximum Gasteiger partial charge on any atom is 0.315 e. The molecule has 0 radical (unpaired) electrons. The Kier molecular flexibility index (Phi) is 6.49. The Balaban J connectivity index is 2.72. The summed E-state index contributed by atoms with van der Waals surface area (Å²) in [6.45, 7) is 12.5. The van der Waals surface area contributed by atoms with Crippen molar-refractivity contribution in [3.05, 3.63) is 0 Å². The number of hydrogen-bond donors (Lipinski definition) is 2. The number of amides is 3. The van der Waals surface area contributed by atoms with Crippen LogP contribution >= 0.6 is 0 Å². The molecule has 0 aliphatic heterocycles. The van der Waals surface area contributed by atoms with E-state index in [-0.39, 0.29) is 22.9 Å². The molecule has 0 saturated heterocycles. The molecule has 3 amide bonds. The van der Waals surface area contributed by atoms with Crippen molar-refractivity contribution in [2.75, 3.05) is 13.6 Å². The molecule has 0 spiro atoms. The van der Waals surface area contributed by atoms with Crippen molar-refractivity contribution in [1.29, 1.82) is 0 Å². The van der Waals surface area contributed by atoms with Crippen molar-refractivity contribution in [2.45, 2.75) is 78.8 Å². The van der Waals surface area contributed by atoms with Gasteiger partial charge in [0.25, 0.3) is 0 Å². The molecular formula is C18H35N3O2. The minimum Gasteiger partial charge on any atom is -0.344 e. The first-order valence-corrected chi connectivity index (χ1v) is 8.74. The van der Waals surface area contributed by atoms with Gasteiger partial charge in [0.1, 0.15) is 6.04 Å². The van der Waals surface area contributed by atoms with Crippen LogP contribution in [0.15, 0.2) is 0 Å². The monoisotopic (exact) mass is 325 g/mol. The molecule has 1 fully saturated rings. The van der Waals surface area contributed by atoms with Crippen molar-refractivity contribution in [2.24, 2.45) is 11.3 Å². The number of hydrogen-bond acceptors (Lipinski definition) is 2. The summed E-state index contributed by atoms with van der Waals surface area (Å²) >= 11 is 0. The molecule has 23 heavy (non-hydrogen) atoms. The molecule has 0 heterocycles. The van der Waals surface area contributed by atoms with Gasteiger partial charge in [0, 0.05) is 19.1 Å². The largest absolute Gasteiger partial charge is 0.344 e. The first-order valence-electron chi connectivity index (χ1n) is 8.74. The number of likely N-dealkylation sites (N-methyl/N-ethyl adjacent to an activating group) is 1. The van der Waals surface area contributed by atoms with Gasteiger partial charge in [-0.05, 0) is 44.9 Å². The number of nitrogens with one attached hydrogen (secondary N) is 2. The lowest BCUT2D eigenvalue weighted by molar-refractivity contribution is -0.135. The maximum absolute atomic E-state index is 12.9. The van der Waals surface area contributed by atoms with E-state index < -0.39 is 6.04 Å². The Morgan fingerprint density at radius 1 is 1.09 bits per heavy atom. The minimum atomic E-state index is -0.531. The van der Waals surface area contributed by atoms with Crippen LogP contribution in [0.1, 0.15) is 67.2 Å². The van der Waals surface area contributed by atoms with Crippen LogP contribution in [0.3, 0.4) is 0 Å². The average Bonchev–Trinajstić information content (AvgIpc) is 2.84. The summed E-state index contributed by atoms with van der Waals surface area (Å²) in [6, 6.07) is -0.823. The third-order valence-corrected chi connectivity index (χ3v) is 4.26. The molecular weight excluding hydrogens is 290 g/mol. The van der Waals surface area contributed by atoms with Crippen molar-refractivity contribution in [1.82, 2.24) is 15.5 Å². The highest BCUT2D eigenvalue weighted by Gasteiger charge is 2.35. The topological polar surface area (TPSA) is 61.4 Å². The highest BCUT2D eigenvalue weighted by Crippen LogP contribution is 2.26. The predicted molar refractivity (Wildman–Crippen MR) is 94.3 cm³/mol. The van der Waals surface area contributed by atoms with E-state index in [4.69, 9.17) is 0 Å². The van der Waals surface area contributed by atoms with Crippen LogP contribution in [0.2, 0.25) is 0 Å². The highest BCUT2D eigenvalue weighted by atomic mass is 16.2. The summed E-state index contributed by atoms with van der Waals surface area (Å²) in [7, 11) is 1.85. The van der Waals surface area contributed by atoms with E-state index in [0.717, 1.165) is 6.54 Å². The van der Waals surface area contributed by atoms with E-state index in [1.165, 1.54) is 25.7 Å². The Labute approximate surface area is 141 Å². The summed E-state index contributed by atoms with van der Waals surface area (Å²) in [4.78, 5) is 26.9. The SMILES string of the molecule is CN(CC1CCCC1)C(=O)[C@@H](NC(=O)NC(C)(C)C)C(C)(C)C. The summed E-state index contributed by atoms with van der Waals surface area (Å²) in [5.74, 6) is 0.599. The number of carbonyl (C=O) groups is 2. The third kappa shape index (κ3) is 6.80. The van der Waals surface area contributed by atoms with Crippen LogP contribution < -0.4 is 10.6 Å². The Hall–Kier alpha value is -1.26. The fourth-order valence-electron chi connectivity index (χ4n) is 3.05. The van der Waals surface area contributed by atoms with E-state index in [0.29, 0.717) is 5.92 Å². The van der Waals surface area contributed by atoms with Gasteiger partial charge < -0.3 is 15.5 Å². The fraction of sp³-hybridized carbons (Fsp3) is 0.889. The molecule has 0 unspecified atom stereocenters. The van der Waals surface area contributed by atoms with Crippen LogP contribution in [0.4, 0.5) is 4.79 Å². The molecule has 0 aromatic rings. The molecule has 0 bridgehead atoms. The summed E-state index contributed by atoms with van der Waals surface area (Å²) in [5, 5.41) is 5.75. The molecule has 0 aromatic heterocycles. The van der Waals surface area contributed by atoms with Crippen LogP contribution in [0.5, 0.6) is 0 Å². The van der Waals surface area contributed by atoms with Crippen LogP contribution in [-0.2, 0) is 4.79 Å². The quantitative estimate of drug-likeness (QED) is 0.834. The summed E-state index contributed by atoms with van der Waals surface area (Å²) in [5.41, 5.74) is -0.665. The zero-order valence-electron chi connectivity index (χ0n) is 16.0. The first-order chi connectivity index (χ1) is 10.4. The van der Waals surface area contributed by atoms with E-state index in [9.17, 15) is 9.59 Å².